The van der Waals surface area contributed by atoms with Gasteiger partial charge in [0.2, 0.25) is 11.7 Å². The van der Waals surface area contributed by atoms with Crippen molar-refractivity contribution in [3.05, 3.63) is 59.9 Å². The summed E-state index contributed by atoms with van der Waals surface area (Å²) in [6, 6.07) is 14.4. The molecule has 1 aromatic heterocycles. The Morgan fingerprint density at radius 3 is 2.48 bits per heavy atom. The molecule has 0 aliphatic rings. The number of benzene rings is 2. The highest BCUT2D eigenvalue weighted by Gasteiger charge is 2.37. The smallest absolute Gasteiger partial charge is 0.451 e. The maximum atomic E-state index is 12.7. The van der Waals surface area contributed by atoms with Crippen LogP contribution in [0, 0.1) is 6.92 Å². The van der Waals surface area contributed by atoms with Gasteiger partial charge >= 0.3 is 6.18 Å². The van der Waals surface area contributed by atoms with Crippen LogP contribution < -0.4 is 10.1 Å². The second kappa shape index (κ2) is 8.56. The van der Waals surface area contributed by atoms with Gasteiger partial charge in [-0.1, -0.05) is 23.9 Å². The molecule has 152 valence electrons. The van der Waals surface area contributed by atoms with Gasteiger partial charge in [0.15, 0.2) is 5.16 Å². The second-order valence-electron chi connectivity index (χ2n) is 6.14. The van der Waals surface area contributed by atoms with E-state index in [0.717, 1.165) is 21.9 Å². The molecule has 0 aliphatic heterocycles. The van der Waals surface area contributed by atoms with Crippen molar-refractivity contribution in [2.45, 2.75) is 18.3 Å². The molecule has 0 spiro atoms. The number of halogens is 3. The predicted octanol–water partition coefficient (Wildman–Crippen LogP) is 4.67. The Kier molecular flexibility index (Phi) is 6.12. The zero-order valence-corrected chi connectivity index (χ0v) is 16.3. The molecular formula is C19H17F3N4O2S. The van der Waals surface area contributed by atoms with Gasteiger partial charge in [0.05, 0.1) is 5.75 Å². The van der Waals surface area contributed by atoms with Crippen molar-refractivity contribution in [2.24, 2.45) is 7.05 Å². The fourth-order valence-corrected chi connectivity index (χ4v) is 3.15. The minimum atomic E-state index is -4.59. The van der Waals surface area contributed by atoms with E-state index in [1.165, 1.54) is 7.05 Å². The molecular weight excluding hydrogens is 405 g/mol. The third-order valence-corrected chi connectivity index (χ3v) is 4.80. The Hall–Kier alpha value is -3.01. The minimum absolute atomic E-state index is 0.00868. The van der Waals surface area contributed by atoms with Gasteiger partial charge in [-0.3, -0.25) is 4.79 Å². The number of nitrogens with zero attached hydrogens (tertiary/aromatic N) is 3. The third kappa shape index (κ3) is 5.50. The lowest BCUT2D eigenvalue weighted by Crippen LogP contribution is -2.15. The van der Waals surface area contributed by atoms with Crippen molar-refractivity contribution in [3.8, 4) is 11.5 Å². The molecule has 0 radical (unpaired) electrons. The van der Waals surface area contributed by atoms with Crippen LogP contribution in [0.4, 0.5) is 18.9 Å². The van der Waals surface area contributed by atoms with Gasteiger partial charge in [0, 0.05) is 12.7 Å². The molecule has 1 heterocycles. The Morgan fingerprint density at radius 1 is 1.14 bits per heavy atom. The molecule has 3 aromatic rings. The average molecular weight is 422 g/mol. The van der Waals surface area contributed by atoms with Crippen LogP contribution in [0.3, 0.4) is 0 Å². The molecule has 0 bridgehead atoms. The van der Waals surface area contributed by atoms with Crippen molar-refractivity contribution in [1.82, 2.24) is 14.8 Å². The summed E-state index contributed by atoms with van der Waals surface area (Å²) >= 11 is 0.870. The van der Waals surface area contributed by atoms with Crippen LogP contribution in [-0.2, 0) is 18.0 Å². The third-order valence-electron chi connectivity index (χ3n) is 3.78. The van der Waals surface area contributed by atoms with Gasteiger partial charge in [0.25, 0.3) is 0 Å². The number of hydrogen-bond acceptors (Lipinski definition) is 5. The number of anilines is 1. The van der Waals surface area contributed by atoms with Crippen molar-refractivity contribution < 1.29 is 22.7 Å². The lowest BCUT2D eigenvalue weighted by molar-refractivity contribution is -0.147. The summed E-state index contributed by atoms with van der Waals surface area (Å²) in [5.74, 6) is -0.267. The number of aryl methyl sites for hydroxylation is 1. The van der Waals surface area contributed by atoms with Crippen LogP contribution in [0.2, 0.25) is 0 Å². The van der Waals surface area contributed by atoms with E-state index in [-0.39, 0.29) is 16.8 Å². The largest absolute Gasteiger partial charge is 0.457 e. The standard InChI is InChI=1S/C19H17F3N4O2S/c1-12-4-3-5-15(10-12)28-14-8-6-13(7-9-14)23-16(27)11-29-18-25-24-17(26(18)2)19(20,21)22/h3-10H,11H2,1-2H3,(H,23,27). The number of nitrogens with one attached hydrogen (secondary N) is 1. The molecule has 6 nitrogen and oxygen atoms in total. The van der Waals surface area contributed by atoms with E-state index in [1.54, 1.807) is 24.3 Å². The first kappa shape index (κ1) is 20.7. The first-order chi connectivity index (χ1) is 13.7. The lowest BCUT2D eigenvalue weighted by atomic mass is 10.2. The summed E-state index contributed by atoms with van der Waals surface area (Å²) in [6.07, 6.45) is -4.59. The van der Waals surface area contributed by atoms with Crippen LogP contribution >= 0.6 is 11.8 Å². The number of carbonyl (C=O) groups is 1. The first-order valence-electron chi connectivity index (χ1n) is 8.46. The molecule has 0 atom stereocenters. The second-order valence-corrected chi connectivity index (χ2v) is 7.09. The van der Waals surface area contributed by atoms with E-state index in [2.05, 4.69) is 15.5 Å². The van der Waals surface area contributed by atoms with Gasteiger partial charge < -0.3 is 14.6 Å². The highest BCUT2D eigenvalue weighted by molar-refractivity contribution is 7.99. The number of ether oxygens (including phenoxy) is 1. The normalized spacial score (nSPS) is 11.3. The summed E-state index contributed by atoms with van der Waals surface area (Å²) in [6.45, 7) is 1.97. The summed E-state index contributed by atoms with van der Waals surface area (Å²) in [7, 11) is 1.20. The average Bonchev–Trinajstić information content (AvgIpc) is 3.03. The number of amides is 1. The molecule has 0 aliphatic carbocycles. The minimum Gasteiger partial charge on any atom is -0.457 e. The van der Waals surface area contributed by atoms with Gasteiger partial charge in [-0.15, -0.1) is 10.2 Å². The molecule has 1 N–H and O–H groups in total. The fraction of sp³-hybridized carbons (Fsp3) is 0.211. The van der Waals surface area contributed by atoms with E-state index >= 15 is 0 Å². The van der Waals surface area contributed by atoms with Crippen LogP contribution in [0.1, 0.15) is 11.4 Å². The maximum absolute atomic E-state index is 12.7. The molecule has 1 amide bonds. The number of thioether (sulfide) groups is 1. The monoisotopic (exact) mass is 422 g/mol. The Labute approximate surface area is 169 Å². The summed E-state index contributed by atoms with van der Waals surface area (Å²) < 4.78 is 44.7. The van der Waals surface area contributed by atoms with E-state index in [4.69, 9.17) is 4.74 Å². The number of hydrogen-bond donors (Lipinski definition) is 1. The Balaban J connectivity index is 1.54. The van der Waals surface area contributed by atoms with Crippen molar-refractivity contribution in [1.29, 1.82) is 0 Å². The van der Waals surface area contributed by atoms with E-state index in [9.17, 15) is 18.0 Å². The highest BCUT2D eigenvalue weighted by Crippen LogP contribution is 2.29. The van der Waals surface area contributed by atoms with Gasteiger partial charge in [-0.25, -0.2) is 0 Å². The first-order valence-corrected chi connectivity index (χ1v) is 9.45. The molecule has 0 fully saturated rings. The van der Waals surface area contributed by atoms with Crippen LogP contribution in [0.25, 0.3) is 0 Å². The summed E-state index contributed by atoms with van der Waals surface area (Å²) in [4.78, 5) is 12.1. The van der Waals surface area contributed by atoms with Gasteiger partial charge in [-0.2, -0.15) is 13.2 Å². The molecule has 0 saturated carbocycles. The molecule has 10 heteroatoms. The van der Waals surface area contributed by atoms with E-state index in [1.807, 2.05) is 31.2 Å². The summed E-state index contributed by atoms with van der Waals surface area (Å²) in [5, 5.41) is 9.28. The maximum Gasteiger partial charge on any atom is 0.451 e. The van der Waals surface area contributed by atoms with Crippen molar-refractivity contribution in [2.75, 3.05) is 11.1 Å². The van der Waals surface area contributed by atoms with Crippen LogP contribution in [-0.4, -0.2) is 26.4 Å². The zero-order chi connectivity index (χ0) is 21.0. The highest BCUT2D eigenvalue weighted by atomic mass is 32.2. The topological polar surface area (TPSA) is 69.0 Å². The molecule has 0 unspecified atom stereocenters. The molecule has 3 rings (SSSR count). The fourth-order valence-electron chi connectivity index (χ4n) is 2.44. The van der Waals surface area contributed by atoms with Crippen LogP contribution in [0.15, 0.2) is 53.7 Å². The molecule has 0 saturated heterocycles. The number of aromatic nitrogens is 3. The lowest BCUT2D eigenvalue weighted by Gasteiger charge is -2.09. The zero-order valence-electron chi connectivity index (χ0n) is 15.5. The Morgan fingerprint density at radius 2 is 1.86 bits per heavy atom. The number of alkyl halides is 3. The van der Waals surface area contributed by atoms with Gasteiger partial charge in [0.1, 0.15) is 11.5 Å². The number of rotatable bonds is 6. The van der Waals surface area contributed by atoms with Crippen molar-refractivity contribution >= 4 is 23.4 Å². The number of carbonyl (C=O) groups excluding carboxylic acids is 1. The van der Waals surface area contributed by atoms with Crippen molar-refractivity contribution in [3.63, 3.8) is 0 Å². The van der Waals surface area contributed by atoms with E-state index < -0.39 is 12.0 Å². The SMILES string of the molecule is Cc1cccc(Oc2ccc(NC(=O)CSc3nnc(C(F)(F)F)n3C)cc2)c1. The predicted molar refractivity (Wildman–Crippen MR) is 103 cm³/mol. The van der Waals surface area contributed by atoms with E-state index in [0.29, 0.717) is 17.2 Å². The Bertz CT molecular complexity index is 1000. The molecule has 2 aromatic carbocycles. The molecule has 29 heavy (non-hydrogen) atoms. The quantitative estimate of drug-likeness (QED) is 0.585. The van der Waals surface area contributed by atoms with Crippen LogP contribution in [0.5, 0.6) is 11.5 Å². The van der Waals surface area contributed by atoms with Gasteiger partial charge in [-0.05, 0) is 48.9 Å². The summed E-state index contributed by atoms with van der Waals surface area (Å²) in [5.41, 5.74) is 1.62.